The van der Waals surface area contributed by atoms with Crippen molar-refractivity contribution in [3.63, 3.8) is 0 Å². The number of carboxylic acid groups (broad SMARTS) is 2. The van der Waals surface area contributed by atoms with E-state index in [1.165, 1.54) is 60.7 Å². The maximum atomic E-state index is 15.8. The topological polar surface area (TPSA) is 680 Å². The van der Waals surface area contributed by atoms with Gasteiger partial charge >= 0.3 is 11.9 Å². The van der Waals surface area contributed by atoms with E-state index in [0.29, 0.717) is 69.1 Å². The highest BCUT2D eigenvalue weighted by Crippen LogP contribution is 2.27. The summed E-state index contributed by atoms with van der Waals surface area (Å²) in [5.74, 6) is -22.6. The van der Waals surface area contributed by atoms with Crippen molar-refractivity contribution < 1.29 is 112 Å². The summed E-state index contributed by atoms with van der Waals surface area (Å²) in [7, 11) is 3.85. The van der Waals surface area contributed by atoms with E-state index < -0.39 is 267 Å². The Bertz CT molecular complexity index is 5260. The number of primary amides is 2. The molecule has 0 bridgehead atoms. The Balaban J connectivity index is 1.21. The molecule has 3 aromatic carbocycles. The summed E-state index contributed by atoms with van der Waals surface area (Å²) in [6.07, 6.45) is 0.847. The van der Waals surface area contributed by atoms with E-state index in [4.69, 9.17) is 17.2 Å². The minimum Gasteiger partial charge on any atom is -0.508 e. The van der Waals surface area contributed by atoms with Gasteiger partial charge in [-0.15, -0.1) is 11.8 Å². The number of hydrogen-bond acceptors (Lipinski definition) is 24. The molecule has 8 rings (SSSR count). The minimum atomic E-state index is -2.11. The lowest BCUT2D eigenvalue weighted by atomic mass is 9.99. The van der Waals surface area contributed by atoms with Crippen LogP contribution in [-0.4, -0.2) is 327 Å². The number of carboxylic acids is 2. The SMILES string of the molecule is CCCC[C@H]1C(=O)N(C)[C@@H](CCCC)C(=O)N[C@@H](CC(C)C)C(=O)N[C@H](C(=O)NCC(N)=O)CSCC(=O)N[C@@H](Cc2ccc(O)cc2)C(=O)N(C)[C@@H](C)C(=O)N[C@@H](CC(N)=O)C(=O)N(CC(=O)O)CC(=O)N[C@@H](Cc2cnc[nH]2)C(=O)N[C@@H](CCC(=O)O)C(=O)N2C[C@H](O)C[C@H]2C(=O)N[C@@H](Cc2c[nH]c3ccccc23)C(=O)N[C@@H](CCN)C(=O)N[C@@H](Cc2c[nH]c3ccccc23)C(=O)N1C. The number of likely N-dealkylation sites (N-methyl/N-ethyl adjacent to an activating group) is 3. The molecule has 45 nitrogen and oxygen atoms in total. The van der Waals surface area contributed by atoms with Crippen molar-refractivity contribution in [3.05, 3.63) is 120 Å². The molecule has 0 radical (unpaired) electrons. The smallest absolute Gasteiger partial charge is 0.323 e. The summed E-state index contributed by atoms with van der Waals surface area (Å²) in [4.78, 5) is 292. The van der Waals surface area contributed by atoms with E-state index in [9.17, 15) is 78.0 Å². The van der Waals surface area contributed by atoms with Crippen LogP contribution in [0.15, 0.2) is 97.7 Å². The molecule has 17 amide bonds. The van der Waals surface area contributed by atoms with Crippen molar-refractivity contribution >= 4 is 146 Å². The fraction of sp³-hybridized carbons (Fsp3) is 0.511. The minimum absolute atomic E-state index is 0.00780. The van der Waals surface area contributed by atoms with Gasteiger partial charge in [-0.05, 0) is 92.4 Å². The molecule has 46 heteroatoms. The van der Waals surface area contributed by atoms with E-state index in [1.807, 2.05) is 13.8 Å². The number of fused-ring (bicyclic) bond motifs is 3. The summed E-state index contributed by atoms with van der Waals surface area (Å²) in [5, 5.41) is 68.9. The van der Waals surface area contributed by atoms with Gasteiger partial charge < -0.3 is 130 Å². The highest BCUT2D eigenvalue weighted by molar-refractivity contribution is 8.00. The molecule has 23 N–H and O–H groups in total. The zero-order valence-corrected chi connectivity index (χ0v) is 77.8. The molecule has 0 spiro atoms. The number of aliphatic hydroxyl groups is 1. The van der Waals surface area contributed by atoms with Gasteiger partial charge in [-0.2, -0.15) is 0 Å². The number of nitrogens with zero attached hydrogens (tertiary/aromatic N) is 6. The van der Waals surface area contributed by atoms with Crippen LogP contribution in [0.4, 0.5) is 0 Å². The van der Waals surface area contributed by atoms with Crippen LogP contribution in [0.2, 0.25) is 0 Å². The first-order chi connectivity index (χ1) is 64.6. The van der Waals surface area contributed by atoms with Crippen molar-refractivity contribution in [3.8, 4) is 5.75 Å². The Hall–Kier alpha value is -14.1. The number of para-hydroxylation sites is 2. The normalized spacial score (nSPS) is 23.7. The molecule has 0 unspecified atom stereocenters. The number of amides is 17. The lowest BCUT2D eigenvalue weighted by molar-refractivity contribution is -0.149. The number of thioether (sulfide) groups is 1. The molecule has 136 heavy (non-hydrogen) atoms. The van der Waals surface area contributed by atoms with Crippen LogP contribution in [0.25, 0.3) is 21.8 Å². The van der Waals surface area contributed by atoms with Crippen LogP contribution in [0.5, 0.6) is 5.75 Å². The molecule has 738 valence electrons. The van der Waals surface area contributed by atoms with Gasteiger partial charge in [0.2, 0.25) is 100 Å². The number of aromatic nitrogens is 4. The van der Waals surface area contributed by atoms with Gasteiger partial charge in [0.25, 0.3) is 0 Å². The Morgan fingerprint density at radius 1 is 0.544 bits per heavy atom. The second-order valence-corrected chi connectivity index (χ2v) is 35.3. The van der Waals surface area contributed by atoms with E-state index in [1.54, 1.807) is 74.8 Å². The van der Waals surface area contributed by atoms with Crippen LogP contribution in [0.3, 0.4) is 0 Å². The Morgan fingerprint density at radius 3 is 1.66 bits per heavy atom. The molecule has 2 fully saturated rings. The number of aliphatic hydroxyl groups excluding tert-OH is 1. The molecule has 2 aliphatic heterocycles. The van der Waals surface area contributed by atoms with Crippen LogP contribution >= 0.6 is 11.8 Å². The van der Waals surface area contributed by atoms with Crippen molar-refractivity contribution in [2.45, 2.75) is 222 Å². The highest BCUT2D eigenvalue weighted by atomic mass is 32.2. The number of carbonyl (C=O) groups excluding carboxylic acids is 17. The summed E-state index contributed by atoms with van der Waals surface area (Å²) in [6, 6.07) is -2.08. The van der Waals surface area contributed by atoms with E-state index in [0.717, 1.165) is 35.5 Å². The molecule has 0 saturated carbocycles. The Labute approximate surface area is 787 Å². The third kappa shape index (κ3) is 31.0. The van der Waals surface area contributed by atoms with Crippen molar-refractivity contribution in [2.24, 2.45) is 23.1 Å². The maximum Gasteiger partial charge on any atom is 0.323 e. The van der Waals surface area contributed by atoms with Crippen molar-refractivity contribution in [1.29, 1.82) is 0 Å². The first-order valence-corrected chi connectivity index (χ1v) is 46.0. The predicted molar refractivity (Wildman–Crippen MR) is 494 cm³/mol. The number of benzene rings is 3. The lowest BCUT2D eigenvalue weighted by Gasteiger charge is -2.36. The molecule has 0 aliphatic carbocycles. The zero-order chi connectivity index (χ0) is 99.9. The number of carbonyl (C=O) groups is 19. The lowest BCUT2D eigenvalue weighted by Crippen LogP contribution is -2.61. The van der Waals surface area contributed by atoms with E-state index in [-0.39, 0.29) is 68.9 Å². The largest absolute Gasteiger partial charge is 0.508 e. The molecule has 6 aromatic rings. The first kappa shape index (κ1) is 107. The zero-order valence-electron chi connectivity index (χ0n) is 77.0. The van der Waals surface area contributed by atoms with Gasteiger partial charge in [-0.1, -0.05) is 102 Å². The fourth-order valence-electron chi connectivity index (χ4n) is 16.0. The van der Waals surface area contributed by atoms with Gasteiger partial charge in [-0.3, -0.25) is 91.1 Å². The predicted octanol–water partition coefficient (Wildman–Crippen LogP) is -3.05. The van der Waals surface area contributed by atoms with Crippen LogP contribution in [-0.2, 0) is 117 Å². The number of nitrogens with two attached hydrogens (primary N) is 3. The van der Waals surface area contributed by atoms with Crippen LogP contribution < -0.4 is 70.4 Å². The summed E-state index contributed by atoms with van der Waals surface area (Å²) in [6.45, 7) is 4.10. The quantitative estimate of drug-likeness (QED) is 0.0232. The number of rotatable bonds is 28. The van der Waals surface area contributed by atoms with Gasteiger partial charge in [0, 0.05) is 118 Å². The number of hydrogen-bond donors (Lipinski definition) is 20. The number of H-pyrrole nitrogens is 3. The third-order valence-corrected chi connectivity index (χ3v) is 24.4. The molecule has 5 heterocycles. The van der Waals surface area contributed by atoms with Crippen molar-refractivity contribution in [1.82, 2.24) is 97.6 Å². The second kappa shape index (κ2) is 51.4. The highest BCUT2D eigenvalue weighted by Gasteiger charge is 2.46. The molecular formula is C90H124N22O23S. The standard InChI is InChI=1S/C90H124N22O23S/c1-9-11-21-69-84(129)103-62(31-48(3)4)81(126)107-68(79(124)97-41-73(93)116)45-136-46-75(118)100-65(32-50-23-25-54(113)26-24-50)86(131)108(6)49(5)78(123)105-67(37-72(92)115)88(133)111(44-77(121)122)43-74(117)99-64(35-53-40-94-47-98-53)83(128)102-61(27-28-76(119)120)89(134)112-42-55(114)36-71(112)85(130)104-63(33-51-38-95-58-19-15-13-17-56(51)58)82(127)101-60(29-30-91)80(125)106-66(34-52-39-96-59-20-16-14-18-57(52)59)87(132)110(8)70(22-12-10-2)90(135)109(69)7/h13-20,23-26,38-40,47-49,55,60-71,95-96,113-114H,9-12,21-22,27-37,41-46,91H2,1-8H3,(H2,92,115)(H2,93,116)(H,94,98)(H,97,124)(H,99,117)(H,100,118)(H,101,127)(H,102,128)(H,103,129)(H,104,130)(H,105,123)(H,106,125)(H,107,126)(H,119,120)(H,121,122)/t49-,55+,60-,61-,62-,63-,64-,65-,66-,67-,68-,69-,70-,71-/m0/s1. The summed E-state index contributed by atoms with van der Waals surface area (Å²) in [5.41, 5.74) is 20.0. The average Bonchev–Trinajstić information content (AvgIpc) is 1.65. The first-order valence-electron chi connectivity index (χ1n) is 44.8. The number of phenolic OH excluding ortho intramolecular Hbond substituents is 1. The van der Waals surface area contributed by atoms with Gasteiger partial charge in [0.1, 0.15) is 97.4 Å². The molecule has 14 atom stereocenters. The van der Waals surface area contributed by atoms with E-state index in [2.05, 4.69) is 73.1 Å². The van der Waals surface area contributed by atoms with Crippen LogP contribution in [0, 0.1) is 5.92 Å². The Morgan fingerprint density at radius 2 is 1.08 bits per heavy atom. The molecule has 3 aromatic heterocycles. The fourth-order valence-corrected chi connectivity index (χ4v) is 16.9. The van der Waals surface area contributed by atoms with Gasteiger partial charge in [-0.25, -0.2) is 4.98 Å². The third-order valence-electron chi connectivity index (χ3n) is 23.4. The monoisotopic (exact) mass is 1910 g/mol. The second-order valence-electron chi connectivity index (χ2n) is 34.3. The number of nitrogens with one attached hydrogen (secondary N) is 13. The number of phenols is 1. The molecular weight excluding hydrogens is 1790 g/mol. The average molecular weight is 1910 g/mol. The van der Waals surface area contributed by atoms with Gasteiger partial charge in [0.15, 0.2) is 0 Å². The maximum absolute atomic E-state index is 15.8. The molecule has 2 aliphatic rings. The summed E-state index contributed by atoms with van der Waals surface area (Å²) < 4.78 is 0. The summed E-state index contributed by atoms with van der Waals surface area (Å²) >= 11 is 0.748. The number of aliphatic carboxylic acids is 2. The molecule has 2 saturated heterocycles. The van der Waals surface area contributed by atoms with Crippen LogP contribution in [0.1, 0.15) is 134 Å². The van der Waals surface area contributed by atoms with Crippen molar-refractivity contribution in [2.75, 3.05) is 65.4 Å². The number of aromatic amines is 3. The van der Waals surface area contributed by atoms with Gasteiger partial charge in [0.05, 0.1) is 31.1 Å². The number of unbranched alkanes of at least 4 members (excludes halogenated alkanes) is 2. The number of imidazole rings is 1. The van der Waals surface area contributed by atoms with E-state index >= 15 is 33.6 Å². The number of aromatic hydroxyl groups is 1. The Kier molecular flexibility index (Phi) is 40.6.